The molecule has 0 spiro atoms. The number of amides is 1. The van der Waals surface area contributed by atoms with E-state index in [9.17, 15) is 4.79 Å². The van der Waals surface area contributed by atoms with Gasteiger partial charge in [-0.15, -0.1) is 0 Å². The van der Waals surface area contributed by atoms with Gasteiger partial charge in [0.05, 0.1) is 0 Å². The Kier molecular flexibility index (Phi) is 2.86. The Hall–Kier alpha value is -1.84. The van der Waals surface area contributed by atoms with Gasteiger partial charge in [-0.05, 0) is 37.1 Å². The lowest BCUT2D eigenvalue weighted by Gasteiger charge is -2.05. The van der Waals surface area contributed by atoms with E-state index in [1.165, 1.54) is 6.08 Å². The topological polar surface area (TPSA) is 82.0 Å². The van der Waals surface area contributed by atoms with Crippen LogP contribution in [0.2, 0.25) is 0 Å². The number of nitrogen functional groups attached to an aromatic ring is 1. The van der Waals surface area contributed by atoms with E-state index < -0.39 is 5.91 Å². The minimum Gasteiger partial charge on any atom is -0.384 e. The molecule has 1 aromatic heterocycles. The fourth-order valence-electron chi connectivity index (χ4n) is 1.29. The van der Waals surface area contributed by atoms with Crippen LogP contribution in [-0.2, 0) is 4.79 Å². The van der Waals surface area contributed by atoms with Crippen LogP contribution in [0.1, 0.15) is 16.8 Å². The zero-order valence-electron chi connectivity index (χ0n) is 8.24. The summed E-state index contributed by atoms with van der Waals surface area (Å²) in [5, 5.41) is 0. The predicted octanol–water partition coefficient (Wildman–Crippen LogP) is 0.779. The number of carbonyl (C=O) groups is 1. The number of aryl methyl sites for hydroxylation is 2. The quantitative estimate of drug-likeness (QED) is 0.677. The number of nitrogens with zero attached hydrogens (tertiary/aromatic N) is 1. The second-order valence-electron chi connectivity index (χ2n) is 3.10. The molecular weight excluding hydrogens is 178 g/mol. The lowest BCUT2D eigenvalue weighted by molar-refractivity contribution is -0.113. The first-order valence-corrected chi connectivity index (χ1v) is 4.22. The van der Waals surface area contributed by atoms with Crippen molar-refractivity contribution in [1.29, 1.82) is 0 Å². The SMILES string of the molecule is Cc1cc(N)nc(C)c1C=CC(N)=O. The molecular formula is C10H13N3O. The normalized spacial score (nSPS) is 10.7. The molecule has 0 aliphatic rings. The molecule has 0 aliphatic heterocycles. The van der Waals surface area contributed by atoms with E-state index in [0.717, 1.165) is 16.8 Å². The van der Waals surface area contributed by atoms with Gasteiger partial charge in [-0.25, -0.2) is 4.98 Å². The van der Waals surface area contributed by atoms with Gasteiger partial charge in [0.15, 0.2) is 0 Å². The summed E-state index contributed by atoms with van der Waals surface area (Å²) in [7, 11) is 0. The number of pyridine rings is 1. The Morgan fingerprint density at radius 1 is 1.50 bits per heavy atom. The summed E-state index contributed by atoms with van der Waals surface area (Å²) in [6.07, 6.45) is 2.96. The van der Waals surface area contributed by atoms with Crippen LogP contribution in [0, 0.1) is 13.8 Å². The summed E-state index contributed by atoms with van der Waals surface area (Å²) in [6.45, 7) is 3.75. The molecule has 0 fully saturated rings. The number of hydrogen-bond donors (Lipinski definition) is 2. The summed E-state index contributed by atoms with van der Waals surface area (Å²) in [5.41, 5.74) is 13.2. The van der Waals surface area contributed by atoms with Crippen LogP contribution in [0.15, 0.2) is 12.1 Å². The highest BCUT2D eigenvalue weighted by Gasteiger charge is 2.01. The van der Waals surface area contributed by atoms with Crippen LogP contribution in [0.25, 0.3) is 6.08 Å². The van der Waals surface area contributed by atoms with Crippen LogP contribution in [0.4, 0.5) is 5.82 Å². The smallest absolute Gasteiger partial charge is 0.241 e. The van der Waals surface area contributed by atoms with Crippen molar-refractivity contribution in [2.75, 3.05) is 5.73 Å². The van der Waals surface area contributed by atoms with Crippen molar-refractivity contribution in [2.45, 2.75) is 13.8 Å². The summed E-state index contributed by atoms with van der Waals surface area (Å²) in [6, 6.07) is 1.76. The molecule has 0 bridgehead atoms. The maximum Gasteiger partial charge on any atom is 0.241 e. The van der Waals surface area contributed by atoms with E-state index in [1.54, 1.807) is 12.1 Å². The molecule has 0 atom stereocenters. The van der Waals surface area contributed by atoms with Crippen molar-refractivity contribution in [3.8, 4) is 0 Å². The molecule has 0 aliphatic carbocycles. The number of primary amides is 1. The van der Waals surface area contributed by atoms with Gasteiger partial charge in [-0.2, -0.15) is 0 Å². The maximum absolute atomic E-state index is 10.6. The van der Waals surface area contributed by atoms with E-state index in [0.29, 0.717) is 5.82 Å². The van der Waals surface area contributed by atoms with Gasteiger partial charge in [-0.1, -0.05) is 0 Å². The molecule has 4 N–H and O–H groups in total. The molecule has 0 saturated heterocycles. The predicted molar refractivity (Wildman–Crippen MR) is 56.4 cm³/mol. The molecule has 1 rings (SSSR count). The highest BCUT2D eigenvalue weighted by molar-refractivity contribution is 5.90. The molecule has 14 heavy (non-hydrogen) atoms. The van der Waals surface area contributed by atoms with Crippen molar-refractivity contribution in [2.24, 2.45) is 5.73 Å². The first-order chi connectivity index (χ1) is 6.50. The number of carbonyl (C=O) groups excluding carboxylic acids is 1. The largest absolute Gasteiger partial charge is 0.384 e. The molecule has 0 saturated carbocycles. The number of rotatable bonds is 2. The van der Waals surface area contributed by atoms with Gasteiger partial charge in [-0.3, -0.25) is 4.79 Å². The van der Waals surface area contributed by atoms with Crippen molar-refractivity contribution >= 4 is 17.8 Å². The molecule has 4 nitrogen and oxygen atoms in total. The zero-order chi connectivity index (χ0) is 10.7. The van der Waals surface area contributed by atoms with Gasteiger partial charge in [0.25, 0.3) is 0 Å². The van der Waals surface area contributed by atoms with Crippen molar-refractivity contribution in [3.05, 3.63) is 29.0 Å². The molecule has 4 heteroatoms. The first kappa shape index (κ1) is 10.2. The number of anilines is 1. The van der Waals surface area contributed by atoms with Crippen LogP contribution >= 0.6 is 0 Å². The lowest BCUT2D eigenvalue weighted by atomic mass is 10.1. The minimum absolute atomic E-state index is 0.472. The number of aromatic nitrogens is 1. The Labute approximate surface area is 82.6 Å². The second kappa shape index (κ2) is 3.91. The number of hydrogen-bond acceptors (Lipinski definition) is 3. The minimum atomic E-state index is -0.472. The fraction of sp³-hybridized carbons (Fsp3) is 0.200. The Bertz CT molecular complexity index is 373. The summed E-state index contributed by atoms with van der Waals surface area (Å²) in [5.74, 6) is 0.0110. The maximum atomic E-state index is 10.6. The van der Waals surface area contributed by atoms with Crippen LogP contribution in [0.3, 0.4) is 0 Å². The molecule has 74 valence electrons. The highest BCUT2D eigenvalue weighted by atomic mass is 16.1. The van der Waals surface area contributed by atoms with Gasteiger partial charge in [0.2, 0.25) is 5.91 Å². The summed E-state index contributed by atoms with van der Waals surface area (Å²) in [4.78, 5) is 14.6. The van der Waals surface area contributed by atoms with E-state index in [1.807, 2.05) is 13.8 Å². The molecule has 1 aromatic rings. The van der Waals surface area contributed by atoms with Gasteiger partial charge >= 0.3 is 0 Å². The van der Waals surface area contributed by atoms with Gasteiger partial charge in [0.1, 0.15) is 5.82 Å². The van der Waals surface area contributed by atoms with E-state index in [2.05, 4.69) is 4.98 Å². The molecule has 1 heterocycles. The van der Waals surface area contributed by atoms with E-state index in [4.69, 9.17) is 11.5 Å². The lowest BCUT2D eigenvalue weighted by Crippen LogP contribution is -2.05. The molecule has 0 unspecified atom stereocenters. The third-order valence-electron chi connectivity index (χ3n) is 1.89. The Morgan fingerprint density at radius 3 is 2.64 bits per heavy atom. The molecule has 1 amide bonds. The third kappa shape index (κ3) is 2.32. The molecule has 0 aromatic carbocycles. The van der Waals surface area contributed by atoms with E-state index in [-0.39, 0.29) is 0 Å². The van der Waals surface area contributed by atoms with Gasteiger partial charge < -0.3 is 11.5 Å². The summed E-state index contributed by atoms with van der Waals surface area (Å²) >= 11 is 0. The van der Waals surface area contributed by atoms with Gasteiger partial charge in [0, 0.05) is 11.8 Å². The van der Waals surface area contributed by atoms with Crippen molar-refractivity contribution in [3.63, 3.8) is 0 Å². The third-order valence-corrected chi connectivity index (χ3v) is 1.89. The first-order valence-electron chi connectivity index (χ1n) is 4.22. The highest BCUT2D eigenvalue weighted by Crippen LogP contribution is 2.15. The molecule has 0 radical (unpaired) electrons. The Morgan fingerprint density at radius 2 is 2.14 bits per heavy atom. The van der Waals surface area contributed by atoms with Crippen LogP contribution in [-0.4, -0.2) is 10.9 Å². The average Bonchev–Trinajstić information content (AvgIpc) is 2.01. The monoisotopic (exact) mass is 191 g/mol. The zero-order valence-corrected chi connectivity index (χ0v) is 8.24. The average molecular weight is 191 g/mol. The van der Waals surface area contributed by atoms with Crippen LogP contribution < -0.4 is 11.5 Å². The van der Waals surface area contributed by atoms with Crippen molar-refractivity contribution in [1.82, 2.24) is 4.98 Å². The Balaban J connectivity index is 3.15. The second-order valence-corrected chi connectivity index (χ2v) is 3.10. The summed E-state index contributed by atoms with van der Waals surface area (Å²) < 4.78 is 0. The van der Waals surface area contributed by atoms with E-state index >= 15 is 0 Å². The van der Waals surface area contributed by atoms with Crippen molar-refractivity contribution < 1.29 is 4.79 Å². The number of nitrogens with two attached hydrogens (primary N) is 2. The standard InChI is InChI=1S/C10H13N3O/c1-6-5-9(11)13-7(2)8(6)3-4-10(12)14/h3-5H,1-2H3,(H2,11,13)(H2,12,14). The van der Waals surface area contributed by atoms with Crippen LogP contribution in [0.5, 0.6) is 0 Å². The fourth-order valence-corrected chi connectivity index (χ4v) is 1.29.